The molecule has 7 nitrogen and oxygen atoms in total. The van der Waals surface area contributed by atoms with Crippen molar-refractivity contribution in [3.63, 3.8) is 0 Å². The fraction of sp³-hybridized carbons (Fsp3) is 0.0556. The number of imidazole rings is 1. The number of aromatic nitrogens is 4. The molecule has 0 aliphatic carbocycles. The van der Waals surface area contributed by atoms with Crippen LogP contribution in [0.25, 0.3) is 17.1 Å². The van der Waals surface area contributed by atoms with Gasteiger partial charge in [0.1, 0.15) is 0 Å². The number of nitrogens with zero attached hydrogens (tertiary/aromatic N) is 4. The van der Waals surface area contributed by atoms with E-state index < -0.39 is 9.84 Å². The molecule has 0 aliphatic rings. The molecule has 0 bridgehead atoms. The fourth-order valence-electron chi connectivity index (χ4n) is 2.57. The van der Waals surface area contributed by atoms with Crippen LogP contribution in [-0.2, 0) is 15.6 Å². The van der Waals surface area contributed by atoms with Gasteiger partial charge in [0.2, 0.25) is 12.2 Å². The lowest BCUT2D eigenvalue weighted by Gasteiger charge is -2.03. The standard InChI is InChI=1S/C18H14N4O3S/c23-26(24,17-4-2-1-3-5-17)11-15-10-22(12-19-15)16-8-6-14(7-9-16)18-20-13-25-21-18/h1-10,12-13H,11H2. The van der Waals surface area contributed by atoms with Gasteiger partial charge in [0.15, 0.2) is 9.84 Å². The van der Waals surface area contributed by atoms with Gasteiger partial charge in [-0.25, -0.2) is 13.4 Å². The molecule has 0 spiro atoms. The highest BCUT2D eigenvalue weighted by Gasteiger charge is 2.16. The average Bonchev–Trinajstić information content (AvgIpc) is 3.34. The molecule has 0 radical (unpaired) electrons. The minimum Gasteiger partial charge on any atom is -0.342 e. The van der Waals surface area contributed by atoms with Crippen LogP contribution in [0.4, 0.5) is 0 Å². The van der Waals surface area contributed by atoms with Gasteiger partial charge in [-0.15, -0.1) is 0 Å². The van der Waals surface area contributed by atoms with E-state index in [0.717, 1.165) is 11.3 Å². The molecule has 0 saturated heterocycles. The van der Waals surface area contributed by atoms with E-state index >= 15 is 0 Å². The van der Waals surface area contributed by atoms with E-state index in [1.165, 1.54) is 6.39 Å². The quantitative estimate of drug-likeness (QED) is 0.539. The predicted molar refractivity (Wildman–Crippen MR) is 94.2 cm³/mol. The fourth-order valence-corrected chi connectivity index (χ4v) is 3.84. The van der Waals surface area contributed by atoms with Crippen LogP contribution < -0.4 is 0 Å². The Morgan fingerprint density at radius 3 is 2.42 bits per heavy atom. The van der Waals surface area contributed by atoms with Crippen LogP contribution >= 0.6 is 0 Å². The Hall–Kier alpha value is -3.26. The molecule has 0 atom stereocenters. The Balaban J connectivity index is 1.55. The van der Waals surface area contributed by atoms with Gasteiger partial charge >= 0.3 is 0 Å². The maximum atomic E-state index is 12.5. The number of benzene rings is 2. The first-order valence-corrected chi connectivity index (χ1v) is 9.45. The maximum absolute atomic E-state index is 12.5. The summed E-state index contributed by atoms with van der Waals surface area (Å²) in [5.74, 6) is 0.363. The van der Waals surface area contributed by atoms with Crippen molar-refractivity contribution in [3.05, 3.63) is 79.2 Å². The summed E-state index contributed by atoms with van der Waals surface area (Å²) in [4.78, 5) is 8.51. The summed E-state index contributed by atoms with van der Waals surface area (Å²) in [6.45, 7) is 0. The van der Waals surface area contributed by atoms with E-state index in [-0.39, 0.29) is 5.75 Å². The third-order valence-corrected chi connectivity index (χ3v) is 5.53. The zero-order chi connectivity index (χ0) is 18.0. The molecule has 0 saturated carbocycles. The summed E-state index contributed by atoms with van der Waals surface area (Å²) in [5.41, 5.74) is 2.17. The first-order valence-electron chi connectivity index (χ1n) is 7.80. The van der Waals surface area contributed by atoms with Gasteiger partial charge in [-0.1, -0.05) is 23.4 Å². The second-order valence-corrected chi connectivity index (χ2v) is 7.64. The van der Waals surface area contributed by atoms with Gasteiger partial charge in [-0.2, -0.15) is 4.98 Å². The van der Waals surface area contributed by atoms with E-state index in [1.54, 1.807) is 47.4 Å². The third kappa shape index (κ3) is 3.27. The van der Waals surface area contributed by atoms with E-state index in [9.17, 15) is 8.42 Å². The molecule has 130 valence electrons. The topological polar surface area (TPSA) is 90.9 Å². The monoisotopic (exact) mass is 366 g/mol. The second kappa shape index (κ2) is 6.57. The first kappa shape index (κ1) is 16.2. The van der Waals surface area contributed by atoms with Gasteiger partial charge in [-0.05, 0) is 36.4 Å². The Labute approximate surface area is 149 Å². The molecule has 0 unspecified atom stereocenters. The minimum absolute atomic E-state index is 0.148. The summed E-state index contributed by atoms with van der Waals surface area (Å²) in [5, 5.41) is 3.79. The Morgan fingerprint density at radius 2 is 1.73 bits per heavy atom. The van der Waals surface area contributed by atoms with Crippen LogP contribution in [0.15, 0.2) is 82.9 Å². The molecular formula is C18H14N4O3S. The van der Waals surface area contributed by atoms with Gasteiger partial charge in [0.05, 0.1) is 22.7 Å². The largest absolute Gasteiger partial charge is 0.342 e. The smallest absolute Gasteiger partial charge is 0.214 e. The van der Waals surface area contributed by atoms with Crippen molar-refractivity contribution in [2.45, 2.75) is 10.6 Å². The molecular weight excluding hydrogens is 352 g/mol. The summed E-state index contributed by atoms with van der Waals surface area (Å²) < 4.78 is 31.4. The molecule has 0 N–H and O–H groups in total. The van der Waals surface area contributed by atoms with Crippen molar-refractivity contribution in [1.82, 2.24) is 19.7 Å². The highest BCUT2D eigenvalue weighted by atomic mass is 32.2. The number of hydrogen-bond donors (Lipinski definition) is 0. The van der Waals surface area contributed by atoms with E-state index in [0.29, 0.717) is 16.4 Å². The van der Waals surface area contributed by atoms with Crippen LogP contribution in [-0.4, -0.2) is 28.1 Å². The lowest BCUT2D eigenvalue weighted by molar-refractivity contribution is 0.419. The van der Waals surface area contributed by atoms with E-state index in [1.807, 2.05) is 24.3 Å². The van der Waals surface area contributed by atoms with Crippen LogP contribution in [0.3, 0.4) is 0 Å². The highest BCUT2D eigenvalue weighted by molar-refractivity contribution is 7.90. The molecule has 8 heteroatoms. The summed E-state index contributed by atoms with van der Waals surface area (Å²) in [6, 6.07) is 15.8. The lowest BCUT2D eigenvalue weighted by atomic mass is 10.2. The van der Waals surface area contributed by atoms with E-state index in [2.05, 4.69) is 15.1 Å². The summed E-state index contributed by atoms with van der Waals surface area (Å²) in [7, 11) is -3.42. The molecule has 4 rings (SSSR count). The van der Waals surface area contributed by atoms with Crippen molar-refractivity contribution in [2.75, 3.05) is 0 Å². The molecule has 2 aromatic heterocycles. The number of rotatable bonds is 5. The predicted octanol–water partition coefficient (Wildman–Crippen LogP) is 2.90. The van der Waals surface area contributed by atoms with Crippen LogP contribution in [0.1, 0.15) is 5.69 Å². The van der Waals surface area contributed by atoms with Gasteiger partial charge < -0.3 is 9.09 Å². The van der Waals surface area contributed by atoms with Crippen molar-refractivity contribution < 1.29 is 12.9 Å². The average molecular weight is 366 g/mol. The Morgan fingerprint density at radius 1 is 0.962 bits per heavy atom. The summed E-state index contributed by atoms with van der Waals surface area (Å²) >= 11 is 0. The molecule has 2 heterocycles. The zero-order valence-electron chi connectivity index (χ0n) is 13.6. The molecule has 26 heavy (non-hydrogen) atoms. The van der Waals surface area contributed by atoms with Gasteiger partial charge in [0, 0.05) is 17.4 Å². The minimum atomic E-state index is -3.42. The van der Waals surface area contributed by atoms with Gasteiger partial charge in [-0.3, -0.25) is 0 Å². The molecule has 0 fully saturated rings. The number of sulfone groups is 1. The van der Waals surface area contributed by atoms with Crippen molar-refractivity contribution in [1.29, 1.82) is 0 Å². The van der Waals surface area contributed by atoms with Crippen LogP contribution in [0.5, 0.6) is 0 Å². The highest BCUT2D eigenvalue weighted by Crippen LogP contribution is 2.19. The SMILES string of the molecule is O=S(=O)(Cc1cn(-c2ccc(-c3ncon3)cc2)cn1)c1ccccc1. The van der Waals surface area contributed by atoms with E-state index in [4.69, 9.17) is 4.52 Å². The maximum Gasteiger partial charge on any atom is 0.214 e. The van der Waals surface area contributed by atoms with Crippen LogP contribution in [0.2, 0.25) is 0 Å². The number of hydrogen-bond acceptors (Lipinski definition) is 6. The molecule has 4 aromatic rings. The first-order chi connectivity index (χ1) is 12.6. The molecule has 2 aromatic carbocycles. The Kier molecular flexibility index (Phi) is 4.10. The van der Waals surface area contributed by atoms with Crippen LogP contribution in [0, 0.1) is 0 Å². The molecule has 0 amide bonds. The van der Waals surface area contributed by atoms with Crippen molar-refractivity contribution >= 4 is 9.84 Å². The normalized spacial score (nSPS) is 11.5. The van der Waals surface area contributed by atoms with Crippen molar-refractivity contribution in [2.24, 2.45) is 0 Å². The second-order valence-electron chi connectivity index (χ2n) is 5.65. The third-order valence-electron chi connectivity index (χ3n) is 3.86. The Bertz CT molecular complexity index is 1100. The molecule has 0 aliphatic heterocycles. The van der Waals surface area contributed by atoms with Crippen molar-refractivity contribution in [3.8, 4) is 17.1 Å². The zero-order valence-corrected chi connectivity index (χ0v) is 14.4. The summed E-state index contributed by atoms with van der Waals surface area (Å²) in [6.07, 6.45) is 4.58. The van der Waals surface area contributed by atoms with Gasteiger partial charge in [0.25, 0.3) is 0 Å². The lowest BCUT2D eigenvalue weighted by Crippen LogP contribution is -2.05.